The Hall–Kier alpha value is -1.40. The summed E-state index contributed by atoms with van der Waals surface area (Å²) in [6.45, 7) is 0. The second-order valence-electron chi connectivity index (χ2n) is 2.58. The molecule has 0 fully saturated rings. The van der Waals surface area contributed by atoms with Crippen molar-refractivity contribution in [3.63, 3.8) is 0 Å². The van der Waals surface area contributed by atoms with Gasteiger partial charge >= 0.3 is 0 Å². The molecule has 2 N–H and O–H groups in total. The number of hydrogen-bond acceptors (Lipinski definition) is 5. The van der Waals surface area contributed by atoms with Gasteiger partial charge in [0, 0.05) is 6.07 Å². The number of hydrogen-bond donors (Lipinski definition) is 1. The minimum absolute atomic E-state index is 0.00610. The van der Waals surface area contributed by atoms with Gasteiger partial charge in [0.05, 0.1) is 25.7 Å². The summed E-state index contributed by atoms with van der Waals surface area (Å²) in [4.78, 5) is 14.0. The number of benzene rings is 1. The number of nitrogens with zero attached hydrogens (tertiary/aromatic N) is 2. The predicted molar refractivity (Wildman–Crippen MR) is 55.7 cm³/mol. The highest BCUT2D eigenvalue weighted by atomic mass is 35.5. The van der Waals surface area contributed by atoms with Gasteiger partial charge in [-0.25, -0.2) is 4.98 Å². The number of rotatable bonds is 1. The number of nitrogens with two attached hydrogens (primary N) is 1. The first-order chi connectivity index (χ1) is 6.61. The zero-order valence-corrected chi connectivity index (χ0v) is 8.30. The molecule has 1 aromatic heterocycles. The third-order valence-corrected chi connectivity index (χ3v) is 3.14. The second kappa shape index (κ2) is 3.07. The topological polar surface area (TPSA) is 82.0 Å². The molecule has 0 aliphatic rings. The monoisotopic (exact) mass is 229 g/mol. The number of nitrogen functional groups attached to an aromatic ring is 1. The molecule has 0 atom stereocenters. The molecule has 0 spiro atoms. The van der Waals surface area contributed by atoms with Gasteiger partial charge in [0.2, 0.25) is 0 Å². The van der Waals surface area contributed by atoms with Crippen molar-refractivity contribution < 1.29 is 4.92 Å². The first-order valence-electron chi connectivity index (χ1n) is 3.57. The van der Waals surface area contributed by atoms with Gasteiger partial charge in [-0.15, -0.1) is 11.3 Å². The normalized spacial score (nSPS) is 10.6. The van der Waals surface area contributed by atoms with Crippen LogP contribution in [0, 0.1) is 10.1 Å². The van der Waals surface area contributed by atoms with Crippen LogP contribution < -0.4 is 5.73 Å². The Bertz CT molecular complexity index is 525. The van der Waals surface area contributed by atoms with Crippen LogP contribution in [0.5, 0.6) is 0 Å². The highest BCUT2D eigenvalue weighted by molar-refractivity contribution is 7.17. The highest BCUT2D eigenvalue weighted by Gasteiger charge is 2.18. The third kappa shape index (κ3) is 1.19. The molecule has 0 bridgehead atoms. The number of fused-ring (bicyclic) bond motifs is 1. The molecule has 0 unspecified atom stereocenters. The van der Waals surface area contributed by atoms with E-state index in [2.05, 4.69) is 4.98 Å². The molecular weight excluding hydrogens is 226 g/mol. The Morgan fingerprint density at radius 2 is 2.36 bits per heavy atom. The fourth-order valence-corrected chi connectivity index (χ4v) is 2.16. The van der Waals surface area contributed by atoms with Crippen LogP contribution in [0.25, 0.3) is 10.2 Å². The smallest absolute Gasteiger partial charge is 0.295 e. The number of anilines is 1. The van der Waals surface area contributed by atoms with E-state index in [1.165, 1.54) is 17.4 Å². The van der Waals surface area contributed by atoms with E-state index in [1.54, 1.807) is 5.51 Å². The third-order valence-electron chi connectivity index (χ3n) is 1.78. The molecule has 2 aromatic rings. The summed E-state index contributed by atoms with van der Waals surface area (Å²) in [5.41, 5.74) is 7.38. The Morgan fingerprint density at radius 3 is 3.00 bits per heavy atom. The van der Waals surface area contributed by atoms with Crippen molar-refractivity contribution in [3.8, 4) is 0 Å². The van der Waals surface area contributed by atoms with Crippen LogP contribution in [0.3, 0.4) is 0 Å². The summed E-state index contributed by atoms with van der Waals surface area (Å²) < 4.78 is 0.676. The van der Waals surface area contributed by atoms with Crippen LogP contribution in [0.2, 0.25) is 5.02 Å². The van der Waals surface area contributed by atoms with Crippen molar-refractivity contribution in [3.05, 3.63) is 26.7 Å². The van der Waals surface area contributed by atoms with Crippen molar-refractivity contribution in [2.75, 3.05) is 5.73 Å². The van der Waals surface area contributed by atoms with Crippen LogP contribution in [0.4, 0.5) is 11.4 Å². The van der Waals surface area contributed by atoms with Gasteiger partial charge in [0.15, 0.2) is 0 Å². The number of nitro benzene ring substituents is 1. The Balaban J connectivity index is 2.87. The van der Waals surface area contributed by atoms with Crippen LogP contribution in [0.15, 0.2) is 11.6 Å². The molecule has 7 heteroatoms. The summed E-state index contributed by atoms with van der Waals surface area (Å²) >= 11 is 7.16. The number of halogens is 1. The quantitative estimate of drug-likeness (QED) is 0.463. The number of nitro groups is 1. The van der Waals surface area contributed by atoms with Crippen molar-refractivity contribution in [1.29, 1.82) is 0 Å². The maximum atomic E-state index is 10.6. The molecule has 1 heterocycles. The Kier molecular flexibility index (Phi) is 2.01. The first-order valence-corrected chi connectivity index (χ1v) is 4.82. The maximum absolute atomic E-state index is 10.6. The summed E-state index contributed by atoms with van der Waals surface area (Å²) in [6.07, 6.45) is 0. The van der Waals surface area contributed by atoms with Gasteiger partial charge in [-0.3, -0.25) is 10.1 Å². The van der Waals surface area contributed by atoms with E-state index in [-0.39, 0.29) is 16.4 Å². The highest BCUT2D eigenvalue weighted by Crippen LogP contribution is 2.37. The summed E-state index contributed by atoms with van der Waals surface area (Å²) in [6, 6.07) is 1.33. The van der Waals surface area contributed by atoms with Crippen LogP contribution in [-0.4, -0.2) is 9.91 Å². The van der Waals surface area contributed by atoms with Crippen molar-refractivity contribution >= 4 is 44.5 Å². The molecule has 14 heavy (non-hydrogen) atoms. The van der Waals surface area contributed by atoms with E-state index in [4.69, 9.17) is 17.3 Å². The zero-order valence-electron chi connectivity index (χ0n) is 6.73. The fraction of sp³-hybridized carbons (Fsp3) is 0. The molecule has 2 rings (SSSR count). The molecule has 0 saturated carbocycles. The molecule has 0 aliphatic heterocycles. The molecule has 72 valence electrons. The van der Waals surface area contributed by atoms with Gasteiger partial charge in [-0.2, -0.15) is 0 Å². The molecule has 1 aromatic carbocycles. The van der Waals surface area contributed by atoms with Gasteiger partial charge in [-0.05, 0) is 0 Å². The zero-order chi connectivity index (χ0) is 10.3. The van der Waals surface area contributed by atoms with E-state index in [0.717, 1.165) is 0 Å². The van der Waals surface area contributed by atoms with E-state index in [1.807, 2.05) is 0 Å². The fourth-order valence-electron chi connectivity index (χ4n) is 1.11. The van der Waals surface area contributed by atoms with Crippen molar-refractivity contribution in [2.24, 2.45) is 0 Å². The lowest BCUT2D eigenvalue weighted by Gasteiger charge is -1.99. The minimum atomic E-state index is -0.569. The second-order valence-corrected chi connectivity index (χ2v) is 3.81. The predicted octanol–water partition coefficient (Wildman–Crippen LogP) is 2.44. The van der Waals surface area contributed by atoms with Gasteiger partial charge in [0.25, 0.3) is 5.69 Å². The van der Waals surface area contributed by atoms with Crippen LogP contribution >= 0.6 is 22.9 Å². The van der Waals surface area contributed by atoms with E-state index >= 15 is 0 Å². The molecular formula is C7H4ClN3O2S. The summed E-state index contributed by atoms with van der Waals surface area (Å²) in [5.74, 6) is 0. The Morgan fingerprint density at radius 1 is 1.64 bits per heavy atom. The SMILES string of the molecule is Nc1c([N+](=O)[O-])cc2ncsc2c1Cl. The van der Waals surface area contributed by atoms with E-state index in [9.17, 15) is 10.1 Å². The van der Waals surface area contributed by atoms with Gasteiger partial charge in [-0.1, -0.05) is 11.6 Å². The van der Waals surface area contributed by atoms with Crippen LogP contribution in [-0.2, 0) is 0 Å². The summed E-state index contributed by atoms with van der Waals surface area (Å²) in [7, 11) is 0. The standard InChI is InChI=1S/C7H4ClN3O2S/c8-5-6(9)4(11(12)13)1-3-7(5)14-2-10-3/h1-2H,9H2. The number of aromatic nitrogens is 1. The van der Waals surface area contributed by atoms with E-state index in [0.29, 0.717) is 10.2 Å². The van der Waals surface area contributed by atoms with Gasteiger partial charge in [0.1, 0.15) is 5.69 Å². The average molecular weight is 230 g/mol. The lowest BCUT2D eigenvalue weighted by atomic mass is 10.2. The molecule has 0 radical (unpaired) electrons. The van der Waals surface area contributed by atoms with Gasteiger partial charge < -0.3 is 5.73 Å². The average Bonchev–Trinajstić information content (AvgIpc) is 2.58. The lowest BCUT2D eigenvalue weighted by molar-refractivity contribution is -0.383. The lowest BCUT2D eigenvalue weighted by Crippen LogP contribution is -1.96. The maximum Gasteiger partial charge on any atom is 0.295 e. The van der Waals surface area contributed by atoms with Crippen LogP contribution in [0.1, 0.15) is 0 Å². The molecule has 5 nitrogen and oxygen atoms in total. The van der Waals surface area contributed by atoms with Crippen molar-refractivity contribution in [2.45, 2.75) is 0 Å². The molecule has 0 amide bonds. The first kappa shape index (κ1) is 9.17. The largest absolute Gasteiger partial charge is 0.392 e. The van der Waals surface area contributed by atoms with E-state index < -0.39 is 4.92 Å². The molecule has 0 aliphatic carbocycles. The summed E-state index contributed by atoms with van der Waals surface area (Å²) in [5, 5.41) is 10.8. The van der Waals surface area contributed by atoms with Crippen molar-refractivity contribution in [1.82, 2.24) is 4.98 Å². The Labute approximate surface area is 87.3 Å². The number of thiazole rings is 1. The molecule has 0 saturated heterocycles. The minimum Gasteiger partial charge on any atom is -0.392 e.